The first-order valence-corrected chi connectivity index (χ1v) is 10.5. The van der Waals surface area contributed by atoms with Crippen molar-refractivity contribution < 1.29 is 22.0 Å². The highest BCUT2D eigenvalue weighted by atomic mass is 32.2. The number of anilines is 2. The van der Waals surface area contributed by atoms with E-state index in [1.807, 2.05) is 11.6 Å². The van der Waals surface area contributed by atoms with E-state index in [9.17, 15) is 22.0 Å². The molecule has 8 nitrogen and oxygen atoms in total. The summed E-state index contributed by atoms with van der Waals surface area (Å²) in [6.45, 7) is 3.56. The van der Waals surface area contributed by atoms with Gasteiger partial charge >= 0.3 is 0 Å². The molecule has 3 N–H and O–H groups in total. The van der Waals surface area contributed by atoms with Crippen LogP contribution in [-0.2, 0) is 16.4 Å². The molecular weight excluding hydrogens is 404 g/mol. The summed E-state index contributed by atoms with van der Waals surface area (Å²) in [5.41, 5.74) is -0.213. The molecule has 0 aliphatic rings. The van der Waals surface area contributed by atoms with Crippen molar-refractivity contribution in [3.05, 3.63) is 47.4 Å². The van der Waals surface area contributed by atoms with Crippen LogP contribution in [0.3, 0.4) is 0 Å². The monoisotopic (exact) mass is 423 g/mol. The molecule has 0 saturated heterocycles. The van der Waals surface area contributed by atoms with Gasteiger partial charge in [-0.2, -0.15) is 0 Å². The van der Waals surface area contributed by atoms with Gasteiger partial charge in [-0.25, -0.2) is 27.2 Å². The summed E-state index contributed by atoms with van der Waals surface area (Å²) >= 11 is 0. The molecule has 2 aromatic heterocycles. The molecule has 1 aromatic carbocycles. The Bertz CT molecular complexity index is 1180. The lowest BCUT2D eigenvalue weighted by atomic mass is 10.1. The van der Waals surface area contributed by atoms with E-state index in [1.54, 1.807) is 6.92 Å². The van der Waals surface area contributed by atoms with E-state index < -0.39 is 38.8 Å². The maximum absolute atomic E-state index is 14.7. The molecule has 0 unspecified atom stereocenters. The SMILES string of the molecule is CCCS(=O)(=O)Nc1ccc(F)c(C(=O)Nc2cnc3[nH]c(CC)nc3c2)c1F. The molecule has 0 spiro atoms. The number of halogens is 2. The first-order valence-electron chi connectivity index (χ1n) is 8.88. The smallest absolute Gasteiger partial charge is 0.261 e. The van der Waals surface area contributed by atoms with Crippen LogP contribution in [0.4, 0.5) is 20.2 Å². The summed E-state index contributed by atoms with van der Waals surface area (Å²) in [5, 5.41) is 2.36. The van der Waals surface area contributed by atoms with E-state index in [0.29, 0.717) is 29.8 Å². The Labute approximate surface area is 165 Å². The van der Waals surface area contributed by atoms with Gasteiger partial charge in [0, 0.05) is 6.42 Å². The van der Waals surface area contributed by atoms with Crippen molar-refractivity contribution in [3.8, 4) is 0 Å². The number of aromatic nitrogens is 3. The van der Waals surface area contributed by atoms with Crippen molar-refractivity contribution in [2.24, 2.45) is 0 Å². The number of pyridine rings is 1. The Morgan fingerprint density at radius 2 is 2.00 bits per heavy atom. The minimum Gasteiger partial charge on any atom is -0.327 e. The Morgan fingerprint density at radius 1 is 1.24 bits per heavy atom. The van der Waals surface area contributed by atoms with E-state index in [2.05, 4.69) is 20.3 Å². The lowest BCUT2D eigenvalue weighted by molar-refractivity contribution is 0.101. The Morgan fingerprint density at radius 3 is 2.69 bits per heavy atom. The number of carbonyl (C=O) groups is 1. The number of hydrogen-bond acceptors (Lipinski definition) is 5. The number of aryl methyl sites for hydroxylation is 1. The molecule has 2 heterocycles. The number of rotatable bonds is 7. The highest BCUT2D eigenvalue weighted by Gasteiger charge is 2.23. The average Bonchev–Trinajstić information content (AvgIpc) is 3.06. The normalized spacial score (nSPS) is 11.6. The molecule has 11 heteroatoms. The van der Waals surface area contributed by atoms with Gasteiger partial charge in [0.15, 0.2) is 11.5 Å². The van der Waals surface area contributed by atoms with E-state index in [-0.39, 0.29) is 11.4 Å². The molecule has 0 bridgehead atoms. The fraction of sp³-hybridized carbons (Fsp3) is 0.278. The van der Waals surface area contributed by atoms with Crippen LogP contribution in [0.1, 0.15) is 36.5 Å². The summed E-state index contributed by atoms with van der Waals surface area (Å²) in [4.78, 5) is 23.9. The number of fused-ring (bicyclic) bond motifs is 1. The first-order chi connectivity index (χ1) is 13.7. The third-order valence-corrected chi connectivity index (χ3v) is 5.51. The number of carbonyl (C=O) groups excluding carboxylic acids is 1. The third-order valence-electron chi connectivity index (χ3n) is 4.03. The van der Waals surface area contributed by atoms with Gasteiger partial charge in [0.05, 0.1) is 23.3 Å². The zero-order chi connectivity index (χ0) is 21.2. The number of nitrogens with zero attached hydrogens (tertiary/aromatic N) is 2. The van der Waals surface area contributed by atoms with Crippen LogP contribution in [0.15, 0.2) is 24.4 Å². The second-order valence-corrected chi connectivity index (χ2v) is 8.13. The average molecular weight is 423 g/mol. The van der Waals surface area contributed by atoms with Gasteiger partial charge in [-0.05, 0) is 24.6 Å². The van der Waals surface area contributed by atoms with Crippen molar-refractivity contribution >= 4 is 38.5 Å². The van der Waals surface area contributed by atoms with Gasteiger partial charge in [0.1, 0.15) is 22.7 Å². The van der Waals surface area contributed by atoms with Crippen LogP contribution < -0.4 is 10.0 Å². The zero-order valence-corrected chi connectivity index (χ0v) is 16.5. The molecule has 0 aliphatic carbocycles. The molecule has 0 saturated carbocycles. The largest absolute Gasteiger partial charge is 0.327 e. The van der Waals surface area contributed by atoms with Gasteiger partial charge in [0.2, 0.25) is 10.0 Å². The Balaban J connectivity index is 1.89. The van der Waals surface area contributed by atoms with E-state index in [1.165, 1.54) is 12.3 Å². The summed E-state index contributed by atoms with van der Waals surface area (Å²) in [6.07, 6.45) is 2.30. The lowest BCUT2D eigenvalue weighted by Crippen LogP contribution is -2.20. The van der Waals surface area contributed by atoms with Gasteiger partial charge in [-0.15, -0.1) is 0 Å². The minimum absolute atomic E-state index is 0.187. The number of aromatic amines is 1. The van der Waals surface area contributed by atoms with E-state index in [0.717, 1.165) is 12.1 Å². The highest BCUT2D eigenvalue weighted by Crippen LogP contribution is 2.24. The Kier molecular flexibility index (Phi) is 5.78. The van der Waals surface area contributed by atoms with Crippen LogP contribution in [0, 0.1) is 11.6 Å². The van der Waals surface area contributed by atoms with E-state index in [4.69, 9.17) is 0 Å². The number of imidazole rings is 1. The summed E-state index contributed by atoms with van der Waals surface area (Å²) in [5.74, 6) is -3.03. The summed E-state index contributed by atoms with van der Waals surface area (Å²) < 4.78 is 54.6. The standard InChI is InChI=1S/C18H19F2N5O3S/c1-3-7-29(27,28)25-12-6-5-11(19)15(16(12)20)18(26)22-10-8-13-17(21-9-10)24-14(4-2)23-13/h5-6,8-9,25H,3-4,7H2,1-2H3,(H,22,26)(H,21,23,24). The van der Waals surface area contributed by atoms with Crippen molar-refractivity contribution in [2.45, 2.75) is 26.7 Å². The minimum atomic E-state index is -3.81. The molecule has 3 rings (SSSR count). The zero-order valence-electron chi connectivity index (χ0n) is 15.7. The van der Waals surface area contributed by atoms with Crippen LogP contribution in [0.5, 0.6) is 0 Å². The molecular formula is C18H19F2N5O3S. The second-order valence-electron chi connectivity index (χ2n) is 6.29. The molecule has 3 aromatic rings. The van der Waals surface area contributed by atoms with Gasteiger partial charge in [0.25, 0.3) is 5.91 Å². The van der Waals surface area contributed by atoms with Crippen molar-refractivity contribution in [3.63, 3.8) is 0 Å². The van der Waals surface area contributed by atoms with Crippen LogP contribution in [-0.4, -0.2) is 35.0 Å². The van der Waals surface area contributed by atoms with Crippen molar-refractivity contribution in [2.75, 3.05) is 15.8 Å². The van der Waals surface area contributed by atoms with Crippen LogP contribution >= 0.6 is 0 Å². The fourth-order valence-electron chi connectivity index (χ4n) is 2.70. The third kappa shape index (κ3) is 4.50. The van der Waals surface area contributed by atoms with Crippen molar-refractivity contribution in [1.82, 2.24) is 15.0 Å². The molecule has 0 fully saturated rings. The predicted octanol–water partition coefficient (Wildman–Crippen LogP) is 3.20. The highest BCUT2D eigenvalue weighted by molar-refractivity contribution is 7.92. The molecule has 29 heavy (non-hydrogen) atoms. The van der Waals surface area contributed by atoms with E-state index >= 15 is 0 Å². The number of sulfonamides is 1. The molecule has 1 amide bonds. The molecule has 0 aliphatic heterocycles. The molecule has 154 valence electrons. The lowest BCUT2D eigenvalue weighted by Gasteiger charge is -2.12. The summed E-state index contributed by atoms with van der Waals surface area (Å²) in [7, 11) is -3.81. The number of H-pyrrole nitrogens is 1. The quantitative estimate of drug-likeness (QED) is 0.540. The summed E-state index contributed by atoms with van der Waals surface area (Å²) in [6, 6.07) is 3.27. The van der Waals surface area contributed by atoms with Crippen LogP contribution in [0.25, 0.3) is 11.2 Å². The maximum atomic E-state index is 14.7. The Hall–Kier alpha value is -3.08. The molecule has 0 atom stereocenters. The van der Waals surface area contributed by atoms with Gasteiger partial charge in [-0.1, -0.05) is 13.8 Å². The number of hydrogen-bond donors (Lipinski definition) is 3. The number of amides is 1. The number of nitrogens with one attached hydrogen (secondary N) is 3. The van der Waals surface area contributed by atoms with Gasteiger partial charge < -0.3 is 10.3 Å². The molecule has 0 radical (unpaired) electrons. The number of benzene rings is 1. The topological polar surface area (TPSA) is 117 Å². The fourth-order valence-corrected chi connectivity index (χ4v) is 3.83. The van der Waals surface area contributed by atoms with Gasteiger partial charge in [-0.3, -0.25) is 9.52 Å². The maximum Gasteiger partial charge on any atom is 0.261 e. The second kappa shape index (κ2) is 8.11. The van der Waals surface area contributed by atoms with Crippen LogP contribution in [0.2, 0.25) is 0 Å². The van der Waals surface area contributed by atoms with Crippen molar-refractivity contribution in [1.29, 1.82) is 0 Å². The predicted molar refractivity (Wildman–Crippen MR) is 105 cm³/mol. The first kappa shape index (κ1) is 20.6.